The van der Waals surface area contributed by atoms with E-state index < -0.39 is 0 Å². The molecule has 0 unspecified atom stereocenters. The summed E-state index contributed by atoms with van der Waals surface area (Å²) in [6.45, 7) is 6.09. The van der Waals surface area contributed by atoms with Gasteiger partial charge in [-0.25, -0.2) is 9.37 Å². The van der Waals surface area contributed by atoms with Crippen molar-refractivity contribution in [3.05, 3.63) is 58.7 Å². The molecule has 1 atom stereocenters. The number of fused-ring (bicyclic) bond motifs is 1. The van der Waals surface area contributed by atoms with Crippen molar-refractivity contribution >= 4 is 16.9 Å². The lowest BCUT2D eigenvalue weighted by Gasteiger charge is -2.29. The number of halogens is 1. The highest BCUT2D eigenvalue weighted by molar-refractivity contribution is 6.06. The van der Waals surface area contributed by atoms with Gasteiger partial charge in [0.25, 0.3) is 5.91 Å². The number of carbonyl (C=O) groups excluding carboxylic acids is 1. The van der Waals surface area contributed by atoms with Crippen molar-refractivity contribution in [2.75, 3.05) is 13.7 Å². The number of hydrogen-bond donors (Lipinski definition) is 0. The van der Waals surface area contributed by atoms with E-state index >= 15 is 0 Å². The van der Waals surface area contributed by atoms with Crippen molar-refractivity contribution in [3.63, 3.8) is 0 Å². The molecule has 0 aliphatic carbocycles. The summed E-state index contributed by atoms with van der Waals surface area (Å²) >= 11 is 0. The number of benzene rings is 1. The SMILES string of the molecule is COC[C@H](C)N(Cc1ccccc1F)C(=O)c1cc(C)nc2c1c(C)nn2C. The summed E-state index contributed by atoms with van der Waals surface area (Å²) < 4.78 is 21.2. The standard InChI is InChI=1S/C21H25FN4O2/c1-13-10-17(19-15(3)24-25(4)20(19)23-13)21(27)26(14(2)12-28-5)11-16-8-6-7-9-18(16)22/h6-10,14H,11-12H2,1-5H3/t14-/m0/s1. The molecule has 3 aromatic rings. The van der Waals surface area contributed by atoms with Crippen LogP contribution in [-0.2, 0) is 18.3 Å². The predicted molar refractivity (Wildman–Crippen MR) is 106 cm³/mol. The Bertz CT molecular complexity index is 1020. The lowest BCUT2D eigenvalue weighted by molar-refractivity contribution is 0.0541. The van der Waals surface area contributed by atoms with Crippen molar-refractivity contribution in [3.8, 4) is 0 Å². The fourth-order valence-corrected chi connectivity index (χ4v) is 3.46. The lowest BCUT2D eigenvalue weighted by atomic mass is 10.1. The zero-order valence-electron chi connectivity index (χ0n) is 16.9. The molecule has 3 rings (SSSR count). The summed E-state index contributed by atoms with van der Waals surface area (Å²) in [4.78, 5) is 19.8. The van der Waals surface area contributed by atoms with Gasteiger partial charge in [-0.05, 0) is 32.9 Å². The molecular formula is C21H25FN4O2. The van der Waals surface area contributed by atoms with E-state index in [0.717, 1.165) is 16.8 Å². The number of rotatable bonds is 6. The number of nitrogens with zero attached hydrogens (tertiary/aromatic N) is 4. The molecule has 0 N–H and O–H groups in total. The number of amides is 1. The zero-order valence-corrected chi connectivity index (χ0v) is 16.9. The Kier molecular flexibility index (Phi) is 5.74. The largest absolute Gasteiger partial charge is 0.383 e. The molecule has 148 valence electrons. The number of methoxy groups -OCH3 is 1. The topological polar surface area (TPSA) is 60.2 Å². The third kappa shape index (κ3) is 3.75. The second kappa shape index (κ2) is 8.06. The fraction of sp³-hybridized carbons (Fsp3) is 0.381. The van der Waals surface area contributed by atoms with Crippen molar-refractivity contribution in [2.45, 2.75) is 33.4 Å². The molecule has 1 amide bonds. The smallest absolute Gasteiger partial charge is 0.255 e. The van der Waals surface area contributed by atoms with Crippen LogP contribution in [0.3, 0.4) is 0 Å². The van der Waals surface area contributed by atoms with E-state index in [9.17, 15) is 9.18 Å². The van der Waals surface area contributed by atoms with Crippen LogP contribution in [0.1, 0.15) is 34.2 Å². The van der Waals surface area contributed by atoms with E-state index in [-0.39, 0.29) is 24.3 Å². The summed E-state index contributed by atoms with van der Waals surface area (Å²) in [5.74, 6) is -0.530. The summed E-state index contributed by atoms with van der Waals surface area (Å²) in [6, 6.07) is 8.03. The average molecular weight is 384 g/mol. The Labute approximate surface area is 163 Å². The Morgan fingerprint density at radius 1 is 1.32 bits per heavy atom. The Morgan fingerprint density at radius 2 is 2.04 bits per heavy atom. The summed E-state index contributed by atoms with van der Waals surface area (Å²) in [5.41, 5.74) is 3.10. The van der Waals surface area contributed by atoms with Crippen LogP contribution < -0.4 is 0 Å². The fourth-order valence-electron chi connectivity index (χ4n) is 3.46. The number of hydrogen-bond acceptors (Lipinski definition) is 4. The van der Waals surface area contributed by atoms with Crippen molar-refractivity contribution < 1.29 is 13.9 Å². The summed E-state index contributed by atoms with van der Waals surface area (Å²) in [7, 11) is 3.39. The first-order valence-electron chi connectivity index (χ1n) is 9.17. The number of aryl methyl sites for hydroxylation is 3. The molecule has 0 bridgehead atoms. The minimum absolute atomic E-state index is 0.151. The highest BCUT2D eigenvalue weighted by Gasteiger charge is 2.26. The van der Waals surface area contributed by atoms with Gasteiger partial charge in [-0.15, -0.1) is 0 Å². The van der Waals surface area contributed by atoms with Crippen LogP contribution in [0, 0.1) is 19.7 Å². The Balaban J connectivity index is 2.09. The molecule has 0 aliphatic heterocycles. The highest BCUT2D eigenvalue weighted by Crippen LogP contribution is 2.25. The maximum absolute atomic E-state index is 14.3. The maximum atomic E-state index is 14.3. The monoisotopic (exact) mass is 384 g/mol. The Morgan fingerprint density at radius 3 is 2.71 bits per heavy atom. The normalized spacial score (nSPS) is 12.4. The van der Waals surface area contributed by atoms with Crippen LogP contribution in [0.5, 0.6) is 0 Å². The number of carbonyl (C=O) groups is 1. The van der Waals surface area contributed by atoms with Crippen LogP contribution in [0.4, 0.5) is 4.39 Å². The van der Waals surface area contributed by atoms with E-state index in [2.05, 4.69) is 10.1 Å². The molecule has 0 saturated heterocycles. The number of pyridine rings is 1. The molecule has 0 radical (unpaired) electrons. The molecule has 2 heterocycles. The van der Waals surface area contributed by atoms with Crippen molar-refractivity contribution in [1.82, 2.24) is 19.7 Å². The van der Waals surface area contributed by atoms with Gasteiger partial charge >= 0.3 is 0 Å². The van der Waals surface area contributed by atoms with Crippen molar-refractivity contribution in [2.24, 2.45) is 7.05 Å². The third-order valence-electron chi connectivity index (χ3n) is 4.83. The van der Waals surface area contributed by atoms with Crippen molar-refractivity contribution in [1.29, 1.82) is 0 Å². The number of aromatic nitrogens is 3. The van der Waals surface area contributed by atoms with Crippen LogP contribution >= 0.6 is 0 Å². The first-order chi connectivity index (χ1) is 13.3. The van der Waals surface area contributed by atoms with E-state index in [1.54, 1.807) is 48.0 Å². The highest BCUT2D eigenvalue weighted by atomic mass is 19.1. The molecule has 0 aliphatic rings. The van der Waals surface area contributed by atoms with Crippen LogP contribution in [-0.4, -0.2) is 45.3 Å². The lowest BCUT2D eigenvalue weighted by Crippen LogP contribution is -2.41. The van der Waals surface area contributed by atoms with Gasteiger partial charge in [0.05, 0.1) is 29.3 Å². The molecule has 2 aromatic heterocycles. The average Bonchev–Trinajstić information content (AvgIpc) is 2.93. The number of ether oxygens (including phenoxy) is 1. The van der Waals surface area contributed by atoms with Crippen LogP contribution in [0.15, 0.2) is 30.3 Å². The molecule has 6 nitrogen and oxygen atoms in total. The minimum Gasteiger partial charge on any atom is -0.383 e. The van der Waals surface area contributed by atoms with E-state index in [1.165, 1.54) is 6.07 Å². The minimum atomic E-state index is -0.335. The third-order valence-corrected chi connectivity index (χ3v) is 4.83. The predicted octanol–water partition coefficient (Wildman–Crippen LogP) is 3.40. The molecule has 0 fully saturated rings. The summed E-state index contributed by atoms with van der Waals surface area (Å²) in [5, 5.41) is 5.14. The molecule has 0 spiro atoms. The first kappa shape index (κ1) is 19.9. The molecule has 0 saturated carbocycles. The van der Waals surface area contributed by atoms with E-state index in [1.807, 2.05) is 20.8 Å². The Hall–Kier alpha value is -2.80. The van der Waals surface area contributed by atoms with E-state index in [0.29, 0.717) is 23.4 Å². The first-order valence-corrected chi connectivity index (χ1v) is 9.17. The van der Waals surface area contributed by atoms with Crippen LogP contribution in [0.2, 0.25) is 0 Å². The van der Waals surface area contributed by atoms with Gasteiger partial charge in [0, 0.05) is 32.0 Å². The second-order valence-corrected chi connectivity index (χ2v) is 7.05. The van der Waals surface area contributed by atoms with Gasteiger partial charge in [0.1, 0.15) is 5.82 Å². The molecular weight excluding hydrogens is 359 g/mol. The van der Waals surface area contributed by atoms with Crippen LogP contribution in [0.25, 0.3) is 11.0 Å². The quantitative estimate of drug-likeness (QED) is 0.654. The van der Waals surface area contributed by atoms with Gasteiger partial charge in [-0.2, -0.15) is 5.10 Å². The van der Waals surface area contributed by atoms with Gasteiger partial charge in [-0.3, -0.25) is 9.48 Å². The van der Waals surface area contributed by atoms with Gasteiger partial charge < -0.3 is 9.64 Å². The van der Waals surface area contributed by atoms with Gasteiger partial charge in [-0.1, -0.05) is 18.2 Å². The zero-order chi connectivity index (χ0) is 20.4. The molecule has 28 heavy (non-hydrogen) atoms. The molecule has 7 heteroatoms. The second-order valence-electron chi connectivity index (χ2n) is 7.05. The van der Waals surface area contributed by atoms with Gasteiger partial charge in [0.15, 0.2) is 5.65 Å². The van der Waals surface area contributed by atoms with Gasteiger partial charge in [0.2, 0.25) is 0 Å². The van der Waals surface area contributed by atoms with E-state index in [4.69, 9.17) is 4.74 Å². The maximum Gasteiger partial charge on any atom is 0.255 e. The summed E-state index contributed by atoms with van der Waals surface area (Å²) in [6.07, 6.45) is 0. The molecule has 1 aromatic carbocycles.